The van der Waals surface area contributed by atoms with Crippen LogP contribution in [0.2, 0.25) is 0 Å². The van der Waals surface area contributed by atoms with Crippen LogP contribution >= 0.6 is 0 Å². The lowest BCUT2D eigenvalue weighted by Gasteiger charge is -2.18. The normalized spacial score (nSPS) is 12.6. The van der Waals surface area contributed by atoms with E-state index in [4.69, 9.17) is 14.2 Å². The van der Waals surface area contributed by atoms with Crippen molar-refractivity contribution < 1.29 is 28.6 Å². The summed E-state index contributed by atoms with van der Waals surface area (Å²) in [5.74, 6) is -0.920. The molecule has 0 aromatic rings. The minimum absolute atomic E-state index is 0.0892. The van der Waals surface area contributed by atoms with Gasteiger partial charge >= 0.3 is 17.9 Å². The van der Waals surface area contributed by atoms with E-state index in [1.165, 1.54) is 212 Å². The number of rotatable bonds is 62. The molecule has 6 nitrogen and oxygen atoms in total. The van der Waals surface area contributed by atoms with E-state index in [1.807, 2.05) is 0 Å². The molecular weight excluding hydrogens is 973 g/mol. The van der Waals surface area contributed by atoms with Gasteiger partial charge in [-0.15, -0.1) is 0 Å². The van der Waals surface area contributed by atoms with Crippen molar-refractivity contribution in [3.63, 3.8) is 0 Å². The lowest BCUT2D eigenvalue weighted by atomic mass is 10.0. The standard InChI is InChI=1S/C73H128O6/c1-4-7-10-13-16-19-22-25-28-30-32-34-35-36-37-39-40-42-45-48-51-54-57-60-63-66-72(75)78-69-70(68-77-71(74)65-62-59-56-53-50-47-44-27-24-21-18-15-12-9-6-3)79-73(76)67-64-61-58-55-52-49-46-43-41-38-33-31-29-26-23-20-17-14-11-8-5-2/h9,12,18,21-22,25,27,30-33,44,50,53,70H,4-8,10-11,13-17,19-20,23-24,26,28-29,34-43,45-49,51-52,54-69H2,1-3H3/b12-9-,21-18-,25-22-,32-30-,33-31-,44-27-,53-50-. The highest BCUT2D eigenvalue weighted by molar-refractivity contribution is 5.71. The average Bonchev–Trinajstić information content (AvgIpc) is 3.45. The monoisotopic (exact) mass is 1100 g/mol. The first-order valence-electron chi connectivity index (χ1n) is 34.1. The van der Waals surface area contributed by atoms with Crippen molar-refractivity contribution in [2.75, 3.05) is 13.2 Å². The summed E-state index contributed by atoms with van der Waals surface area (Å²) in [6, 6.07) is 0. The van der Waals surface area contributed by atoms with Crippen LogP contribution in [0.5, 0.6) is 0 Å². The smallest absolute Gasteiger partial charge is 0.306 e. The van der Waals surface area contributed by atoms with Gasteiger partial charge < -0.3 is 14.2 Å². The van der Waals surface area contributed by atoms with Crippen molar-refractivity contribution >= 4 is 17.9 Å². The van der Waals surface area contributed by atoms with Gasteiger partial charge in [0.1, 0.15) is 13.2 Å². The zero-order valence-electron chi connectivity index (χ0n) is 52.4. The van der Waals surface area contributed by atoms with Gasteiger partial charge in [-0.05, 0) is 116 Å². The van der Waals surface area contributed by atoms with E-state index in [-0.39, 0.29) is 31.1 Å². The third-order valence-electron chi connectivity index (χ3n) is 14.9. The Balaban J connectivity index is 4.34. The molecule has 0 fully saturated rings. The fourth-order valence-corrected chi connectivity index (χ4v) is 9.76. The van der Waals surface area contributed by atoms with Crippen molar-refractivity contribution in [1.82, 2.24) is 0 Å². The largest absolute Gasteiger partial charge is 0.462 e. The Morgan fingerprint density at radius 1 is 0.266 bits per heavy atom. The molecule has 0 aliphatic carbocycles. The Kier molecular flexibility index (Phi) is 64.2. The van der Waals surface area contributed by atoms with Gasteiger partial charge in [-0.3, -0.25) is 14.4 Å². The van der Waals surface area contributed by atoms with Crippen LogP contribution in [0.3, 0.4) is 0 Å². The Bertz CT molecular complexity index is 1500. The lowest BCUT2D eigenvalue weighted by molar-refractivity contribution is -0.167. The summed E-state index contributed by atoms with van der Waals surface area (Å²) < 4.78 is 16.9. The maximum Gasteiger partial charge on any atom is 0.306 e. The molecule has 0 N–H and O–H groups in total. The second kappa shape index (κ2) is 67.1. The second-order valence-electron chi connectivity index (χ2n) is 22.7. The van der Waals surface area contributed by atoms with Crippen LogP contribution in [0.1, 0.15) is 342 Å². The van der Waals surface area contributed by atoms with E-state index in [2.05, 4.69) is 106 Å². The number of carbonyl (C=O) groups is 3. The molecular formula is C73H128O6. The topological polar surface area (TPSA) is 78.9 Å². The molecule has 0 rings (SSSR count). The molecule has 0 spiro atoms. The van der Waals surface area contributed by atoms with E-state index < -0.39 is 6.10 Å². The zero-order chi connectivity index (χ0) is 57.1. The van der Waals surface area contributed by atoms with Crippen LogP contribution in [0.4, 0.5) is 0 Å². The third kappa shape index (κ3) is 65.3. The van der Waals surface area contributed by atoms with E-state index in [0.717, 1.165) is 89.9 Å². The van der Waals surface area contributed by atoms with Gasteiger partial charge in [0.2, 0.25) is 0 Å². The number of hydrogen-bond donors (Lipinski definition) is 0. The number of hydrogen-bond acceptors (Lipinski definition) is 6. The summed E-state index contributed by atoms with van der Waals surface area (Å²) >= 11 is 0. The maximum atomic E-state index is 12.9. The van der Waals surface area contributed by atoms with Crippen LogP contribution in [0.25, 0.3) is 0 Å². The lowest BCUT2D eigenvalue weighted by Crippen LogP contribution is -2.30. The summed E-state index contributed by atoms with van der Waals surface area (Å²) in [4.78, 5) is 38.4. The first-order chi connectivity index (χ1) is 39.0. The molecule has 0 amide bonds. The molecule has 0 aromatic heterocycles. The molecule has 6 heteroatoms. The third-order valence-corrected chi connectivity index (χ3v) is 14.9. The first kappa shape index (κ1) is 75.6. The van der Waals surface area contributed by atoms with Gasteiger partial charge in [0.15, 0.2) is 6.10 Å². The molecule has 0 saturated heterocycles. The molecule has 0 bridgehead atoms. The Hall–Kier alpha value is -3.41. The van der Waals surface area contributed by atoms with Crippen molar-refractivity contribution in [1.29, 1.82) is 0 Å². The summed E-state index contributed by atoms with van der Waals surface area (Å²) in [5.41, 5.74) is 0. The molecule has 0 radical (unpaired) electrons. The number of esters is 3. The predicted octanol–water partition coefficient (Wildman–Crippen LogP) is 23.4. The van der Waals surface area contributed by atoms with Crippen LogP contribution in [0.15, 0.2) is 85.1 Å². The summed E-state index contributed by atoms with van der Waals surface area (Å²) in [5, 5.41) is 0. The fraction of sp³-hybridized carbons (Fsp3) is 0.767. The second-order valence-corrected chi connectivity index (χ2v) is 22.7. The van der Waals surface area contributed by atoms with Gasteiger partial charge in [0, 0.05) is 19.3 Å². The van der Waals surface area contributed by atoms with Gasteiger partial charge in [0.25, 0.3) is 0 Å². The Labute approximate surface area is 490 Å². The molecule has 1 unspecified atom stereocenters. The van der Waals surface area contributed by atoms with Crippen molar-refractivity contribution in [3.8, 4) is 0 Å². The van der Waals surface area contributed by atoms with Gasteiger partial charge in [-0.1, -0.05) is 292 Å². The Morgan fingerprint density at radius 3 is 0.810 bits per heavy atom. The summed E-state index contributed by atoms with van der Waals surface area (Å²) in [6.07, 6.45) is 88.9. The Morgan fingerprint density at radius 2 is 0.494 bits per heavy atom. The SMILES string of the molecule is CC/C=C\C/C=C\C/C=C\C/C=C\CCCCC(=O)OCC(COC(=O)CCCCCCCCCCCCCCC/C=C\C/C=C\CCCCCCC)OC(=O)CCCCCCCCCCC/C=C\CCCCCCCCCC. The quantitative estimate of drug-likeness (QED) is 0.0261. The summed E-state index contributed by atoms with van der Waals surface area (Å²) in [7, 11) is 0. The predicted molar refractivity (Wildman–Crippen MR) is 344 cm³/mol. The minimum atomic E-state index is -0.797. The van der Waals surface area contributed by atoms with Crippen LogP contribution < -0.4 is 0 Å². The zero-order valence-corrected chi connectivity index (χ0v) is 52.4. The first-order valence-corrected chi connectivity index (χ1v) is 34.1. The number of ether oxygens (including phenoxy) is 3. The van der Waals surface area contributed by atoms with E-state index in [1.54, 1.807) is 0 Å². The van der Waals surface area contributed by atoms with Gasteiger partial charge in [-0.2, -0.15) is 0 Å². The highest BCUT2D eigenvalue weighted by atomic mass is 16.6. The number of unbranched alkanes of at least 4 members (excludes halogenated alkanes) is 37. The highest BCUT2D eigenvalue weighted by Gasteiger charge is 2.19. The van der Waals surface area contributed by atoms with Crippen molar-refractivity contribution in [2.24, 2.45) is 0 Å². The molecule has 0 heterocycles. The number of allylic oxidation sites excluding steroid dienone is 14. The van der Waals surface area contributed by atoms with Crippen LogP contribution in [-0.2, 0) is 28.6 Å². The molecule has 456 valence electrons. The van der Waals surface area contributed by atoms with Crippen LogP contribution in [-0.4, -0.2) is 37.2 Å². The molecule has 0 aromatic carbocycles. The number of carbonyl (C=O) groups excluding carboxylic acids is 3. The van der Waals surface area contributed by atoms with E-state index >= 15 is 0 Å². The molecule has 0 aliphatic heterocycles. The molecule has 0 saturated carbocycles. The molecule has 79 heavy (non-hydrogen) atoms. The van der Waals surface area contributed by atoms with Crippen molar-refractivity contribution in [2.45, 2.75) is 348 Å². The highest BCUT2D eigenvalue weighted by Crippen LogP contribution is 2.17. The van der Waals surface area contributed by atoms with Gasteiger partial charge in [0.05, 0.1) is 0 Å². The fourth-order valence-electron chi connectivity index (χ4n) is 9.76. The molecule has 1 atom stereocenters. The van der Waals surface area contributed by atoms with Crippen LogP contribution in [0, 0.1) is 0 Å². The summed E-state index contributed by atoms with van der Waals surface area (Å²) in [6.45, 7) is 6.52. The van der Waals surface area contributed by atoms with E-state index in [9.17, 15) is 14.4 Å². The van der Waals surface area contributed by atoms with E-state index in [0.29, 0.717) is 19.3 Å². The van der Waals surface area contributed by atoms with Crippen molar-refractivity contribution in [3.05, 3.63) is 85.1 Å². The average molecular weight is 1100 g/mol. The minimum Gasteiger partial charge on any atom is -0.462 e. The maximum absolute atomic E-state index is 12.9. The molecule has 0 aliphatic rings. The van der Waals surface area contributed by atoms with Gasteiger partial charge in [-0.25, -0.2) is 0 Å².